The number of nitrogens with zero attached hydrogens (tertiary/aromatic N) is 1. The Bertz CT molecular complexity index is 1100. The van der Waals surface area contributed by atoms with Crippen LogP contribution in [0, 0.1) is 20.8 Å². The summed E-state index contributed by atoms with van der Waals surface area (Å²) < 4.78 is 5.98. The highest BCUT2D eigenvalue weighted by molar-refractivity contribution is 9.10. The number of nitrogens with one attached hydrogen (secondary N) is 1. The zero-order valence-corrected chi connectivity index (χ0v) is 18.0. The molecule has 6 heteroatoms. The third-order valence-electron chi connectivity index (χ3n) is 5.01. The lowest BCUT2D eigenvalue weighted by Crippen LogP contribution is -2.38. The van der Waals surface area contributed by atoms with E-state index in [4.69, 9.17) is 4.42 Å². The maximum Gasteiger partial charge on any atom is 0.290 e. The molecular formula is C23H21BrN2O3. The van der Waals surface area contributed by atoms with E-state index in [0.29, 0.717) is 4.67 Å². The van der Waals surface area contributed by atoms with Gasteiger partial charge in [-0.25, -0.2) is 0 Å². The number of carbonyl (C=O) groups excluding carboxylic acids is 2. The van der Waals surface area contributed by atoms with Crippen LogP contribution in [0.3, 0.4) is 0 Å². The molecule has 0 aliphatic carbocycles. The number of hydrogen-bond acceptors (Lipinski definition) is 3. The minimum Gasteiger partial charge on any atom is -0.444 e. The molecule has 29 heavy (non-hydrogen) atoms. The van der Waals surface area contributed by atoms with Crippen LogP contribution in [0.1, 0.15) is 44.4 Å². The highest BCUT2D eigenvalue weighted by Crippen LogP contribution is 2.38. The van der Waals surface area contributed by atoms with Crippen molar-refractivity contribution in [3.63, 3.8) is 0 Å². The largest absolute Gasteiger partial charge is 0.444 e. The number of carbonyl (C=O) groups is 2. The Hall–Kier alpha value is -2.86. The summed E-state index contributed by atoms with van der Waals surface area (Å²) in [4.78, 5) is 27.6. The van der Waals surface area contributed by atoms with Crippen LogP contribution in [0.4, 0.5) is 5.69 Å². The van der Waals surface area contributed by atoms with Crippen LogP contribution in [0.15, 0.2) is 57.6 Å². The van der Waals surface area contributed by atoms with Crippen molar-refractivity contribution in [2.24, 2.45) is 0 Å². The molecule has 0 saturated heterocycles. The summed E-state index contributed by atoms with van der Waals surface area (Å²) in [7, 11) is 0. The summed E-state index contributed by atoms with van der Waals surface area (Å²) in [5.41, 5.74) is 5.84. The van der Waals surface area contributed by atoms with Gasteiger partial charge in [0.2, 0.25) is 5.91 Å². The molecule has 0 radical (unpaired) electrons. The van der Waals surface area contributed by atoms with Gasteiger partial charge >= 0.3 is 0 Å². The number of amides is 2. The van der Waals surface area contributed by atoms with Crippen molar-refractivity contribution in [1.29, 1.82) is 0 Å². The molecule has 5 nitrogen and oxygen atoms in total. The normalized spacial score (nSPS) is 16.2. The molecule has 148 valence electrons. The van der Waals surface area contributed by atoms with Crippen LogP contribution in [0.2, 0.25) is 0 Å². The van der Waals surface area contributed by atoms with Gasteiger partial charge in [0.05, 0.1) is 6.04 Å². The lowest BCUT2D eigenvalue weighted by atomic mass is 9.92. The summed E-state index contributed by atoms with van der Waals surface area (Å²) in [6, 6.07) is 15.0. The Morgan fingerprint density at radius 3 is 2.41 bits per heavy atom. The highest BCUT2D eigenvalue weighted by Gasteiger charge is 2.35. The van der Waals surface area contributed by atoms with Crippen molar-refractivity contribution in [3.05, 3.63) is 86.8 Å². The van der Waals surface area contributed by atoms with E-state index in [1.165, 1.54) is 0 Å². The summed E-state index contributed by atoms with van der Waals surface area (Å²) in [6.45, 7) is 6.00. The Morgan fingerprint density at radius 2 is 1.76 bits per heavy atom. The first-order valence-electron chi connectivity index (χ1n) is 9.37. The first kappa shape index (κ1) is 19.5. The van der Waals surface area contributed by atoms with Crippen LogP contribution in [0.5, 0.6) is 0 Å². The molecule has 0 spiro atoms. The van der Waals surface area contributed by atoms with Crippen molar-refractivity contribution in [2.75, 3.05) is 11.9 Å². The maximum atomic E-state index is 13.4. The van der Waals surface area contributed by atoms with Crippen LogP contribution >= 0.6 is 15.9 Å². The topological polar surface area (TPSA) is 62.6 Å². The van der Waals surface area contributed by atoms with E-state index in [9.17, 15) is 9.59 Å². The van der Waals surface area contributed by atoms with E-state index in [-0.39, 0.29) is 24.1 Å². The highest BCUT2D eigenvalue weighted by atomic mass is 79.9. The first-order valence-corrected chi connectivity index (χ1v) is 10.2. The molecule has 1 aliphatic rings. The summed E-state index contributed by atoms with van der Waals surface area (Å²) >= 11 is 3.25. The predicted molar refractivity (Wildman–Crippen MR) is 115 cm³/mol. The number of benzene rings is 2. The average Bonchev–Trinajstić information content (AvgIpc) is 3.02. The molecule has 1 aromatic heterocycles. The number of hydrogen-bond donors (Lipinski definition) is 1. The molecule has 2 amide bonds. The van der Waals surface area contributed by atoms with Crippen molar-refractivity contribution in [1.82, 2.24) is 4.90 Å². The van der Waals surface area contributed by atoms with Gasteiger partial charge in [-0.2, -0.15) is 0 Å². The molecule has 0 unspecified atom stereocenters. The fraction of sp³-hybridized carbons (Fsp3) is 0.217. The Balaban J connectivity index is 1.93. The molecule has 2 heterocycles. The minimum absolute atomic E-state index is 0.0669. The van der Waals surface area contributed by atoms with Crippen LogP contribution < -0.4 is 5.32 Å². The summed E-state index contributed by atoms with van der Waals surface area (Å²) in [5, 5.41) is 2.95. The molecule has 1 N–H and O–H groups in total. The lowest BCUT2D eigenvalue weighted by Gasteiger charge is -2.30. The standard InChI is InChI=1S/C23H21BrN2O3/c1-13-4-5-18-17(11-13)22(16-9-14(2)8-15(3)10-16)26(12-21(27)25-18)23(28)19-6-7-20(24)29-19/h4-11,22H,12H2,1-3H3,(H,25,27)/t22-/m1/s1. The Labute approximate surface area is 177 Å². The van der Waals surface area contributed by atoms with E-state index in [0.717, 1.165) is 33.5 Å². The fourth-order valence-electron chi connectivity index (χ4n) is 3.91. The second-order valence-corrected chi connectivity index (χ2v) is 8.28. The second kappa shape index (κ2) is 7.52. The summed E-state index contributed by atoms with van der Waals surface area (Å²) in [5.74, 6) is -0.375. The van der Waals surface area contributed by atoms with E-state index < -0.39 is 6.04 Å². The van der Waals surface area contributed by atoms with Gasteiger partial charge < -0.3 is 14.6 Å². The molecule has 0 saturated carbocycles. The van der Waals surface area contributed by atoms with Gasteiger partial charge in [-0.05, 0) is 60.5 Å². The van der Waals surface area contributed by atoms with Gasteiger partial charge in [-0.3, -0.25) is 9.59 Å². The molecule has 2 aromatic carbocycles. The number of halogens is 1. The third kappa shape index (κ3) is 3.85. The quantitative estimate of drug-likeness (QED) is 0.584. The van der Waals surface area contributed by atoms with E-state index in [1.807, 2.05) is 39.0 Å². The molecule has 0 fully saturated rings. The number of anilines is 1. The van der Waals surface area contributed by atoms with Gasteiger partial charge in [0.1, 0.15) is 6.54 Å². The third-order valence-corrected chi connectivity index (χ3v) is 5.43. The number of rotatable bonds is 2. The van der Waals surface area contributed by atoms with Gasteiger partial charge in [0.15, 0.2) is 10.4 Å². The predicted octanol–water partition coefficient (Wildman–Crippen LogP) is 5.15. The molecule has 3 aromatic rings. The minimum atomic E-state index is -0.418. The van der Waals surface area contributed by atoms with E-state index in [1.54, 1.807) is 17.0 Å². The SMILES string of the molecule is Cc1cc(C)cc([C@@H]2c3cc(C)ccc3NC(=O)CN2C(=O)c2ccc(Br)o2)c1. The van der Waals surface area contributed by atoms with Gasteiger partial charge in [-0.15, -0.1) is 0 Å². The van der Waals surface area contributed by atoms with Crippen molar-refractivity contribution in [2.45, 2.75) is 26.8 Å². The van der Waals surface area contributed by atoms with Crippen molar-refractivity contribution in [3.8, 4) is 0 Å². The zero-order valence-electron chi connectivity index (χ0n) is 16.5. The van der Waals surface area contributed by atoms with E-state index >= 15 is 0 Å². The number of fused-ring (bicyclic) bond motifs is 1. The summed E-state index contributed by atoms with van der Waals surface area (Å²) in [6.07, 6.45) is 0. The smallest absolute Gasteiger partial charge is 0.290 e. The number of aryl methyl sites for hydroxylation is 3. The number of furan rings is 1. The van der Waals surface area contributed by atoms with Crippen molar-refractivity contribution < 1.29 is 14.0 Å². The molecular weight excluding hydrogens is 432 g/mol. The van der Waals surface area contributed by atoms with E-state index in [2.05, 4.69) is 39.4 Å². The van der Waals surface area contributed by atoms with Gasteiger partial charge in [0, 0.05) is 11.3 Å². The molecule has 1 aliphatic heterocycles. The van der Waals surface area contributed by atoms with Gasteiger partial charge in [0.25, 0.3) is 5.91 Å². The Morgan fingerprint density at radius 1 is 1.03 bits per heavy atom. The fourth-order valence-corrected chi connectivity index (χ4v) is 4.22. The van der Waals surface area contributed by atoms with Crippen LogP contribution in [-0.4, -0.2) is 23.3 Å². The van der Waals surface area contributed by atoms with Gasteiger partial charge in [-0.1, -0.05) is 47.0 Å². The maximum absolute atomic E-state index is 13.4. The average molecular weight is 453 g/mol. The monoisotopic (exact) mass is 452 g/mol. The van der Waals surface area contributed by atoms with Crippen LogP contribution in [-0.2, 0) is 4.79 Å². The zero-order chi connectivity index (χ0) is 20.7. The van der Waals surface area contributed by atoms with Crippen LogP contribution in [0.25, 0.3) is 0 Å². The lowest BCUT2D eigenvalue weighted by molar-refractivity contribution is -0.117. The first-order chi connectivity index (χ1) is 13.8. The second-order valence-electron chi connectivity index (χ2n) is 7.50. The molecule has 1 atom stereocenters. The molecule has 0 bridgehead atoms. The molecule has 4 rings (SSSR count). The Kier molecular flexibility index (Phi) is 5.04. The van der Waals surface area contributed by atoms with Crippen molar-refractivity contribution >= 4 is 33.4 Å².